The van der Waals surface area contributed by atoms with Crippen LogP contribution in [0.4, 0.5) is 0 Å². The number of rotatable bonds is 8. The van der Waals surface area contributed by atoms with Crippen LogP contribution in [-0.2, 0) is 11.3 Å². The molecule has 0 unspecified atom stereocenters. The fourth-order valence-corrected chi connectivity index (χ4v) is 1.30. The molecular formula is C11H20N2O2. The van der Waals surface area contributed by atoms with Crippen molar-refractivity contribution in [1.29, 1.82) is 0 Å². The van der Waals surface area contributed by atoms with Crippen molar-refractivity contribution >= 4 is 0 Å². The quantitative estimate of drug-likeness (QED) is 0.629. The van der Waals surface area contributed by atoms with Gasteiger partial charge in [0.25, 0.3) is 0 Å². The normalized spacial score (nSPS) is 10.8. The van der Waals surface area contributed by atoms with E-state index >= 15 is 0 Å². The molecule has 0 saturated carbocycles. The summed E-state index contributed by atoms with van der Waals surface area (Å²) in [6.07, 6.45) is 1.79. The fourth-order valence-electron chi connectivity index (χ4n) is 1.30. The van der Waals surface area contributed by atoms with Gasteiger partial charge in [0.2, 0.25) is 0 Å². The third-order valence-electron chi connectivity index (χ3n) is 2.08. The van der Waals surface area contributed by atoms with Gasteiger partial charge in [-0.2, -0.15) is 0 Å². The molecule has 0 bridgehead atoms. The number of aryl methyl sites for hydroxylation is 1. The summed E-state index contributed by atoms with van der Waals surface area (Å²) in [7, 11) is 1.71. The number of hydrogen-bond donors (Lipinski definition) is 2. The third kappa shape index (κ3) is 5.57. The monoisotopic (exact) mass is 212 g/mol. The van der Waals surface area contributed by atoms with E-state index in [4.69, 9.17) is 9.15 Å². The summed E-state index contributed by atoms with van der Waals surface area (Å²) in [6.45, 7) is 6.40. The van der Waals surface area contributed by atoms with Gasteiger partial charge in [-0.05, 0) is 13.0 Å². The largest absolute Gasteiger partial charge is 0.469 e. The van der Waals surface area contributed by atoms with Gasteiger partial charge in [0.05, 0.1) is 12.9 Å². The summed E-state index contributed by atoms with van der Waals surface area (Å²) < 4.78 is 10.1. The minimum Gasteiger partial charge on any atom is -0.469 e. The first kappa shape index (κ1) is 12.2. The molecule has 15 heavy (non-hydrogen) atoms. The molecular weight excluding hydrogens is 192 g/mol. The highest BCUT2D eigenvalue weighted by Gasteiger charge is 1.96. The summed E-state index contributed by atoms with van der Waals surface area (Å²) in [5, 5.41) is 6.60. The maximum absolute atomic E-state index is 5.20. The average molecular weight is 212 g/mol. The molecule has 0 saturated heterocycles. The second kappa shape index (κ2) is 7.45. The van der Waals surface area contributed by atoms with Crippen LogP contribution in [0, 0.1) is 6.92 Å². The van der Waals surface area contributed by atoms with Crippen LogP contribution < -0.4 is 10.6 Å². The summed E-state index contributed by atoms with van der Waals surface area (Å²) in [5.74, 6) is 0.963. The molecule has 1 aromatic heterocycles. The Hall–Kier alpha value is -0.840. The van der Waals surface area contributed by atoms with Crippen LogP contribution >= 0.6 is 0 Å². The highest BCUT2D eigenvalue weighted by Crippen LogP contribution is 2.04. The predicted molar refractivity (Wildman–Crippen MR) is 59.9 cm³/mol. The van der Waals surface area contributed by atoms with Gasteiger partial charge in [-0.3, -0.25) is 0 Å². The zero-order chi connectivity index (χ0) is 10.9. The first-order chi connectivity index (χ1) is 7.33. The van der Waals surface area contributed by atoms with E-state index in [1.807, 2.05) is 13.0 Å². The van der Waals surface area contributed by atoms with Gasteiger partial charge in [-0.15, -0.1) is 0 Å². The lowest BCUT2D eigenvalue weighted by Crippen LogP contribution is -2.29. The van der Waals surface area contributed by atoms with Crippen LogP contribution in [0.2, 0.25) is 0 Å². The number of methoxy groups -OCH3 is 1. The van der Waals surface area contributed by atoms with Gasteiger partial charge >= 0.3 is 0 Å². The second-order valence-electron chi connectivity index (χ2n) is 3.49. The highest BCUT2D eigenvalue weighted by molar-refractivity contribution is 5.10. The molecule has 0 aromatic carbocycles. The van der Waals surface area contributed by atoms with Crippen molar-refractivity contribution < 1.29 is 9.15 Å². The van der Waals surface area contributed by atoms with Gasteiger partial charge in [0, 0.05) is 38.9 Å². The number of hydrogen-bond acceptors (Lipinski definition) is 4. The van der Waals surface area contributed by atoms with Gasteiger partial charge in [0.1, 0.15) is 5.76 Å². The Kier molecular flexibility index (Phi) is 6.08. The molecule has 86 valence electrons. The van der Waals surface area contributed by atoms with E-state index in [9.17, 15) is 0 Å². The lowest BCUT2D eigenvalue weighted by atomic mass is 10.3. The standard InChI is InChI=1S/C11H20N2O2/c1-10-7-11(9-15-10)8-13-4-3-12-5-6-14-2/h7,9,12-13H,3-6,8H2,1-2H3. The number of furan rings is 1. The Morgan fingerprint density at radius 2 is 2.07 bits per heavy atom. The van der Waals surface area contributed by atoms with Crippen molar-refractivity contribution in [3.63, 3.8) is 0 Å². The molecule has 0 aliphatic rings. The van der Waals surface area contributed by atoms with Crippen molar-refractivity contribution in [2.45, 2.75) is 13.5 Å². The van der Waals surface area contributed by atoms with Crippen molar-refractivity contribution in [2.24, 2.45) is 0 Å². The van der Waals surface area contributed by atoms with Crippen LogP contribution in [-0.4, -0.2) is 33.4 Å². The van der Waals surface area contributed by atoms with E-state index in [0.717, 1.165) is 38.5 Å². The van der Waals surface area contributed by atoms with E-state index < -0.39 is 0 Å². The second-order valence-corrected chi connectivity index (χ2v) is 3.49. The molecule has 0 aliphatic heterocycles. The van der Waals surface area contributed by atoms with Gasteiger partial charge < -0.3 is 19.8 Å². The topological polar surface area (TPSA) is 46.4 Å². The minimum absolute atomic E-state index is 0.765. The van der Waals surface area contributed by atoms with Crippen LogP contribution in [0.25, 0.3) is 0 Å². The van der Waals surface area contributed by atoms with Crippen LogP contribution in [0.3, 0.4) is 0 Å². The Balaban J connectivity index is 1.93. The Morgan fingerprint density at radius 1 is 1.27 bits per heavy atom. The molecule has 0 amide bonds. The fraction of sp³-hybridized carbons (Fsp3) is 0.636. The summed E-state index contributed by atoms with van der Waals surface area (Å²) >= 11 is 0. The Labute approximate surface area is 91.0 Å². The average Bonchev–Trinajstić information content (AvgIpc) is 2.63. The molecule has 0 fully saturated rings. The SMILES string of the molecule is COCCNCCNCc1coc(C)c1. The van der Waals surface area contributed by atoms with Crippen molar-refractivity contribution in [2.75, 3.05) is 33.4 Å². The molecule has 0 radical (unpaired) electrons. The smallest absolute Gasteiger partial charge is 0.101 e. The van der Waals surface area contributed by atoms with Crippen molar-refractivity contribution in [3.8, 4) is 0 Å². The zero-order valence-electron chi connectivity index (χ0n) is 9.51. The highest BCUT2D eigenvalue weighted by atomic mass is 16.5. The molecule has 2 N–H and O–H groups in total. The van der Waals surface area contributed by atoms with E-state index in [1.165, 1.54) is 5.56 Å². The molecule has 1 rings (SSSR count). The zero-order valence-corrected chi connectivity index (χ0v) is 9.51. The molecule has 0 atom stereocenters. The first-order valence-corrected chi connectivity index (χ1v) is 5.27. The van der Waals surface area contributed by atoms with Gasteiger partial charge in [-0.25, -0.2) is 0 Å². The van der Waals surface area contributed by atoms with Gasteiger partial charge in [-0.1, -0.05) is 0 Å². The van der Waals surface area contributed by atoms with E-state index in [2.05, 4.69) is 10.6 Å². The Morgan fingerprint density at radius 3 is 2.73 bits per heavy atom. The molecule has 0 spiro atoms. The predicted octanol–water partition coefficient (Wildman–Crippen LogP) is 0.914. The lowest BCUT2D eigenvalue weighted by molar-refractivity contribution is 0.199. The number of nitrogens with one attached hydrogen (secondary N) is 2. The maximum Gasteiger partial charge on any atom is 0.101 e. The van der Waals surface area contributed by atoms with Crippen LogP contribution in [0.1, 0.15) is 11.3 Å². The molecule has 4 nitrogen and oxygen atoms in total. The van der Waals surface area contributed by atoms with Crippen LogP contribution in [0.15, 0.2) is 16.7 Å². The van der Waals surface area contributed by atoms with E-state index in [-0.39, 0.29) is 0 Å². The van der Waals surface area contributed by atoms with Crippen molar-refractivity contribution in [1.82, 2.24) is 10.6 Å². The van der Waals surface area contributed by atoms with Crippen molar-refractivity contribution in [3.05, 3.63) is 23.7 Å². The molecule has 1 aromatic rings. The van der Waals surface area contributed by atoms with Gasteiger partial charge in [0.15, 0.2) is 0 Å². The number of ether oxygens (including phenoxy) is 1. The molecule has 4 heteroatoms. The lowest BCUT2D eigenvalue weighted by Gasteiger charge is -2.04. The summed E-state index contributed by atoms with van der Waals surface area (Å²) in [5.41, 5.74) is 1.20. The van der Waals surface area contributed by atoms with E-state index in [1.54, 1.807) is 13.4 Å². The molecule has 0 aliphatic carbocycles. The molecule has 1 heterocycles. The maximum atomic E-state index is 5.20. The van der Waals surface area contributed by atoms with E-state index in [0.29, 0.717) is 0 Å². The van der Waals surface area contributed by atoms with Crippen LogP contribution in [0.5, 0.6) is 0 Å². The Bertz CT molecular complexity index is 261. The summed E-state index contributed by atoms with van der Waals surface area (Å²) in [4.78, 5) is 0. The minimum atomic E-state index is 0.765. The summed E-state index contributed by atoms with van der Waals surface area (Å²) in [6, 6.07) is 2.05. The third-order valence-corrected chi connectivity index (χ3v) is 2.08. The first-order valence-electron chi connectivity index (χ1n) is 5.27.